The maximum absolute atomic E-state index is 13.0. The average Bonchev–Trinajstić information content (AvgIpc) is 2.29. The first kappa shape index (κ1) is 11.4. The largest absolute Gasteiger partial charge is 0.497 e. The first-order chi connectivity index (χ1) is 7.17. The predicted octanol–water partition coefficient (Wildman–Crippen LogP) is 1.57. The Morgan fingerprint density at radius 3 is 2.53 bits per heavy atom. The van der Waals surface area contributed by atoms with Gasteiger partial charge in [-0.25, -0.2) is 4.39 Å². The molecule has 0 heterocycles. The van der Waals surface area contributed by atoms with Crippen molar-refractivity contribution in [3.8, 4) is 5.75 Å². The third kappa shape index (κ3) is 3.18. The van der Waals surface area contributed by atoms with Crippen molar-refractivity contribution in [2.45, 2.75) is 0 Å². The van der Waals surface area contributed by atoms with E-state index < -0.39 is 18.2 Å². The van der Waals surface area contributed by atoms with E-state index in [-0.39, 0.29) is 0 Å². The van der Waals surface area contributed by atoms with Gasteiger partial charge in [0.05, 0.1) is 7.11 Å². The molecule has 0 fully saturated rings. The van der Waals surface area contributed by atoms with Gasteiger partial charge < -0.3 is 9.84 Å². The molecule has 1 rings (SSSR count). The monoisotopic (exact) mass is 210 g/mol. The molecule has 0 aliphatic rings. The molecule has 15 heavy (non-hydrogen) atoms. The summed E-state index contributed by atoms with van der Waals surface area (Å²) in [5, 5.41) is 8.42. The number of benzene rings is 1. The Balaban J connectivity index is 2.84. The third-order valence-electron chi connectivity index (χ3n) is 1.82. The Morgan fingerprint density at radius 2 is 2.07 bits per heavy atom. The number of aliphatic hydroxyl groups excluding tert-OH is 1. The number of carbonyl (C=O) groups excluding carboxylic acids is 1. The number of Topliss-reactive ketones (excluding diaryl/α,β-unsaturated/α-hetero) is 1. The summed E-state index contributed by atoms with van der Waals surface area (Å²) < 4.78 is 17.9. The highest BCUT2D eigenvalue weighted by Crippen LogP contribution is 2.14. The summed E-state index contributed by atoms with van der Waals surface area (Å²) >= 11 is 0. The van der Waals surface area contributed by atoms with Crippen LogP contribution in [-0.2, 0) is 4.79 Å². The normalized spacial score (nSPS) is 11.3. The zero-order valence-corrected chi connectivity index (χ0v) is 8.24. The van der Waals surface area contributed by atoms with Crippen LogP contribution in [0.5, 0.6) is 5.75 Å². The van der Waals surface area contributed by atoms with Crippen LogP contribution in [0, 0.1) is 0 Å². The zero-order valence-electron chi connectivity index (χ0n) is 8.24. The second-order valence-corrected chi connectivity index (χ2v) is 2.85. The van der Waals surface area contributed by atoms with E-state index in [9.17, 15) is 9.18 Å². The molecule has 1 N–H and O–H groups in total. The number of ketones is 1. The van der Waals surface area contributed by atoms with Crippen LogP contribution in [0.3, 0.4) is 0 Å². The number of hydrogen-bond donors (Lipinski definition) is 1. The lowest BCUT2D eigenvalue weighted by molar-refractivity contribution is -0.119. The van der Waals surface area contributed by atoms with E-state index in [4.69, 9.17) is 9.84 Å². The van der Waals surface area contributed by atoms with Gasteiger partial charge in [0.25, 0.3) is 0 Å². The maximum Gasteiger partial charge on any atom is 0.216 e. The van der Waals surface area contributed by atoms with Crippen LogP contribution in [0.4, 0.5) is 4.39 Å². The minimum Gasteiger partial charge on any atom is -0.497 e. The van der Waals surface area contributed by atoms with E-state index in [1.807, 2.05) is 0 Å². The first-order valence-corrected chi connectivity index (χ1v) is 4.32. The average molecular weight is 210 g/mol. The Morgan fingerprint density at radius 1 is 1.47 bits per heavy atom. The Labute approximate surface area is 86.8 Å². The molecule has 1 aromatic rings. The van der Waals surface area contributed by atoms with Crippen molar-refractivity contribution in [3.63, 3.8) is 0 Å². The number of halogens is 1. The van der Waals surface area contributed by atoms with Crippen molar-refractivity contribution in [1.82, 2.24) is 0 Å². The van der Waals surface area contributed by atoms with Crippen molar-refractivity contribution in [2.24, 2.45) is 0 Å². The van der Waals surface area contributed by atoms with Crippen molar-refractivity contribution >= 4 is 11.9 Å². The second kappa shape index (κ2) is 5.26. The molecule has 0 spiro atoms. The van der Waals surface area contributed by atoms with Gasteiger partial charge >= 0.3 is 0 Å². The van der Waals surface area contributed by atoms with Gasteiger partial charge in [0.2, 0.25) is 5.78 Å². The van der Waals surface area contributed by atoms with E-state index >= 15 is 0 Å². The third-order valence-corrected chi connectivity index (χ3v) is 1.82. The van der Waals surface area contributed by atoms with E-state index in [2.05, 4.69) is 0 Å². The number of ether oxygens (including phenoxy) is 1. The van der Waals surface area contributed by atoms with Crippen molar-refractivity contribution in [2.75, 3.05) is 13.7 Å². The van der Waals surface area contributed by atoms with Crippen LogP contribution in [0.25, 0.3) is 6.08 Å². The highest BCUT2D eigenvalue weighted by Gasteiger charge is 2.06. The van der Waals surface area contributed by atoms with Gasteiger partial charge in [-0.2, -0.15) is 0 Å². The van der Waals surface area contributed by atoms with Gasteiger partial charge in [-0.15, -0.1) is 0 Å². The van der Waals surface area contributed by atoms with Crippen molar-refractivity contribution in [1.29, 1.82) is 0 Å². The SMILES string of the molecule is COc1ccc(/C=C(/F)C(=O)CO)cc1. The molecular weight excluding hydrogens is 199 g/mol. The molecule has 4 heteroatoms. The van der Waals surface area contributed by atoms with E-state index in [0.29, 0.717) is 11.3 Å². The summed E-state index contributed by atoms with van der Waals surface area (Å²) in [6, 6.07) is 6.54. The number of rotatable bonds is 4. The number of aliphatic hydroxyl groups is 1. The van der Waals surface area contributed by atoms with E-state index in [1.54, 1.807) is 24.3 Å². The predicted molar refractivity (Wildman–Crippen MR) is 54.2 cm³/mol. The van der Waals surface area contributed by atoms with Crippen LogP contribution >= 0.6 is 0 Å². The van der Waals surface area contributed by atoms with E-state index in [1.165, 1.54) is 7.11 Å². The lowest BCUT2D eigenvalue weighted by Crippen LogP contribution is -2.03. The van der Waals surface area contributed by atoms with Crippen molar-refractivity contribution in [3.05, 3.63) is 35.7 Å². The molecule has 0 saturated heterocycles. The summed E-state index contributed by atoms with van der Waals surface area (Å²) in [5.41, 5.74) is 0.537. The number of methoxy groups -OCH3 is 1. The summed E-state index contributed by atoms with van der Waals surface area (Å²) in [6.07, 6.45) is 1.07. The smallest absolute Gasteiger partial charge is 0.216 e. The molecule has 0 unspecified atom stereocenters. The maximum atomic E-state index is 13.0. The molecule has 0 atom stereocenters. The standard InChI is InChI=1S/C11H11FO3/c1-15-9-4-2-8(3-5-9)6-10(12)11(14)7-13/h2-6,13H,7H2,1H3/b10-6+. The topological polar surface area (TPSA) is 46.5 Å². The second-order valence-electron chi connectivity index (χ2n) is 2.85. The number of hydrogen-bond acceptors (Lipinski definition) is 3. The highest BCUT2D eigenvalue weighted by atomic mass is 19.1. The van der Waals surface area contributed by atoms with Crippen LogP contribution in [-0.4, -0.2) is 24.6 Å². The summed E-state index contributed by atoms with van der Waals surface area (Å²) in [5.74, 6) is -1.23. The van der Waals surface area contributed by atoms with Gasteiger partial charge in [-0.05, 0) is 23.8 Å². The van der Waals surface area contributed by atoms with Gasteiger partial charge in [-0.1, -0.05) is 12.1 Å². The van der Waals surface area contributed by atoms with E-state index in [0.717, 1.165) is 6.08 Å². The van der Waals surface area contributed by atoms with Gasteiger partial charge in [0, 0.05) is 0 Å². The van der Waals surface area contributed by atoms with Crippen LogP contribution < -0.4 is 4.74 Å². The Hall–Kier alpha value is -1.68. The molecule has 0 aliphatic carbocycles. The lowest BCUT2D eigenvalue weighted by Gasteiger charge is -1.99. The fourth-order valence-corrected chi connectivity index (χ4v) is 1.00. The molecule has 0 aliphatic heterocycles. The molecule has 0 saturated carbocycles. The van der Waals surface area contributed by atoms with Gasteiger partial charge in [0.15, 0.2) is 5.83 Å². The molecule has 0 radical (unpaired) electrons. The molecule has 3 nitrogen and oxygen atoms in total. The quantitative estimate of drug-likeness (QED) is 0.767. The Kier molecular flexibility index (Phi) is 4.00. The zero-order chi connectivity index (χ0) is 11.3. The molecule has 0 amide bonds. The van der Waals surface area contributed by atoms with Crippen LogP contribution in [0.2, 0.25) is 0 Å². The highest BCUT2D eigenvalue weighted by molar-refractivity contribution is 5.98. The Bertz CT molecular complexity index is 368. The molecule has 1 aromatic carbocycles. The fourth-order valence-electron chi connectivity index (χ4n) is 1.00. The first-order valence-electron chi connectivity index (χ1n) is 4.32. The molecular formula is C11H11FO3. The molecule has 0 bridgehead atoms. The minimum absolute atomic E-state index is 0.537. The van der Waals surface area contributed by atoms with Crippen molar-refractivity contribution < 1.29 is 19.0 Å². The molecule has 80 valence electrons. The molecule has 0 aromatic heterocycles. The van der Waals surface area contributed by atoms with Crippen LogP contribution in [0.1, 0.15) is 5.56 Å². The summed E-state index contributed by atoms with van der Waals surface area (Å²) in [6.45, 7) is -0.821. The minimum atomic E-state index is -0.956. The number of carbonyl (C=O) groups is 1. The summed E-state index contributed by atoms with van der Waals surface area (Å²) in [4.78, 5) is 10.7. The fraction of sp³-hybridized carbons (Fsp3) is 0.182. The van der Waals surface area contributed by atoms with Gasteiger partial charge in [0.1, 0.15) is 12.4 Å². The lowest BCUT2D eigenvalue weighted by atomic mass is 10.2. The summed E-state index contributed by atoms with van der Waals surface area (Å²) in [7, 11) is 1.53. The van der Waals surface area contributed by atoms with Crippen LogP contribution in [0.15, 0.2) is 30.1 Å². The van der Waals surface area contributed by atoms with Gasteiger partial charge in [-0.3, -0.25) is 4.79 Å².